The zero-order chi connectivity index (χ0) is 16.4. The van der Waals surface area contributed by atoms with Gasteiger partial charge in [0.2, 0.25) is 10.0 Å². The van der Waals surface area contributed by atoms with Crippen LogP contribution < -0.4 is 4.74 Å². The van der Waals surface area contributed by atoms with Gasteiger partial charge in [0.05, 0.1) is 6.26 Å². The lowest BCUT2D eigenvalue weighted by molar-refractivity contribution is 0.0735. The molecule has 1 aromatic rings. The number of hydrogen-bond acceptors (Lipinski definition) is 5. The van der Waals surface area contributed by atoms with Crippen LogP contribution in [-0.2, 0) is 10.0 Å². The van der Waals surface area contributed by atoms with E-state index in [0.717, 1.165) is 18.6 Å². The summed E-state index contributed by atoms with van der Waals surface area (Å²) in [5.41, 5.74) is 0. The maximum Gasteiger partial charge on any atom is 0.211 e. The molecule has 2 aliphatic rings. The first-order valence-electron chi connectivity index (χ1n) is 8.02. The van der Waals surface area contributed by atoms with Gasteiger partial charge in [0, 0.05) is 32.2 Å². The van der Waals surface area contributed by atoms with E-state index in [4.69, 9.17) is 4.74 Å². The highest BCUT2D eigenvalue weighted by atomic mass is 32.2. The first kappa shape index (κ1) is 16.7. The fourth-order valence-corrected chi connectivity index (χ4v) is 4.29. The van der Waals surface area contributed by atoms with Crippen molar-refractivity contribution in [3.05, 3.63) is 30.3 Å². The van der Waals surface area contributed by atoms with Crippen LogP contribution in [-0.4, -0.2) is 73.4 Å². The molecule has 0 bridgehead atoms. The molecule has 23 heavy (non-hydrogen) atoms. The van der Waals surface area contributed by atoms with Gasteiger partial charge in [-0.3, -0.25) is 4.90 Å². The van der Waals surface area contributed by atoms with E-state index in [2.05, 4.69) is 4.90 Å². The summed E-state index contributed by atoms with van der Waals surface area (Å²) in [5, 5.41) is 10.3. The lowest BCUT2D eigenvalue weighted by Crippen LogP contribution is -2.46. The maximum absolute atomic E-state index is 11.6. The Balaban J connectivity index is 1.55. The Kier molecular flexibility index (Phi) is 4.91. The average molecular weight is 340 g/mol. The third-order valence-electron chi connectivity index (χ3n) is 4.70. The average Bonchev–Trinajstić information content (AvgIpc) is 2.89. The van der Waals surface area contributed by atoms with E-state index >= 15 is 0 Å². The van der Waals surface area contributed by atoms with Crippen LogP contribution in [0.25, 0.3) is 0 Å². The van der Waals surface area contributed by atoms with E-state index in [-0.39, 0.29) is 6.10 Å². The molecule has 2 aliphatic heterocycles. The number of benzene rings is 1. The van der Waals surface area contributed by atoms with Crippen molar-refractivity contribution in [1.82, 2.24) is 9.21 Å². The zero-order valence-electron chi connectivity index (χ0n) is 13.3. The van der Waals surface area contributed by atoms with E-state index in [0.29, 0.717) is 32.2 Å². The molecule has 2 saturated heterocycles. The van der Waals surface area contributed by atoms with Crippen molar-refractivity contribution in [2.24, 2.45) is 0 Å². The van der Waals surface area contributed by atoms with Crippen molar-refractivity contribution in [2.45, 2.75) is 31.1 Å². The molecule has 7 heteroatoms. The molecule has 0 spiro atoms. The Labute approximate surface area is 137 Å². The topological polar surface area (TPSA) is 70.1 Å². The Morgan fingerprint density at radius 2 is 1.78 bits per heavy atom. The second-order valence-corrected chi connectivity index (χ2v) is 8.37. The van der Waals surface area contributed by atoms with Crippen molar-refractivity contribution >= 4 is 10.0 Å². The van der Waals surface area contributed by atoms with E-state index in [1.165, 1.54) is 10.6 Å². The molecule has 1 N–H and O–H groups in total. The number of aliphatic hydroxyl groups excluding tert-OH is 1. The zero-order valence-corrected chi connectivity index (χ0v) is 14.2. The minimum atomic E-state index is -3.09. The molecule has 2 heterocycles. The SMILES string of the molecule is CS(=O)(=O)N1CCC(N2C[C@@H](O)[C@H](Oc3ccccc3)C2)CC1. The van der Waals surface area contributed by atoms with Gasteiger partial charge in [-0.2, -0.15) is 0 Å². The van der Waals surface area contributed by atoms with Gasteiger partial charge >= 0.3 is 0 Å². The standard InChI is InChI=1S/C16H24N2O4S/c1-23(20,21)18-9-7-13(8-10-18)17-11-15(19)16(12-17)22-14-5-3-2-4-6-14/h2-6,13,15-16,19H,7-12H2,1H3/t15-,16-/m1/s1. The summed E-state index contributed by atoms with van der Waals surface area (Å²) < 4.78 is 30.6. The predicted octanol–water partition coefficient (Wildman–Crippen LogP) is 0.535. The van der Waals surface area contributed by atoms with Gasteiger partial charge in [-0.15, -0.1) is 0 Å². The van der Waals surface area contributed by atoms with Crippen LogP contribution in [0.5, 0.6) is 5.75 Å². The number of β-amino-alcohol motifs (C(OH)–C–C–N with tert-alkyl or cyclic N) is 1. The number of aliphatic hydroxyl groups is 1. The second kappa shape index (κ2) is 6.76. The lowest BCUT2D eigenvalue weighted by atomic mass is 10.1. The quantitative estimate of drug-likeness (QED) is 0.866. The van der Waals surface area contributed by atoms with Crippen LogP contribution in [0.3, 0.4) is 0 Å². The number of nitrogens with zero attached hydrogens (tertiary/aromatic N) is 2. The molecule has 1 aromatic carbocycles. The van der Waals surface area contributed by atoms with Gasteiger partial charge in [0.1, 0.15) is 18.0 Å². The smallest absolute Gasteiger partial charge is 0.211 e. The summed E-state index contributed by atoms with van der Waals surface area (Å²) in [7, 11) is -3.09. The summed E-state index contributed by atoms with van der Waals surface area (Å²) in [6, 6.07) is 9.84. The first-order chi connectivity index (χ1) is 10.9. The Morgan fingerprint density at radius 3 is 2.39 bits per heavy atom. The second-order valence-electron chi connectivity index (χ2n) is 6.38. The van der Waals surface area contributed by atoms with Gasteiger partial charge in [0.15, 0.2) is 0 Å². The summed E-state index contributed by atoms with van der Waals surface area (Å²) in [5.74, 6) is 0.769. The molecule has 2 atom stereocenters. The van der Waals surface area contributed by atoms with Gasteiger partial charge in [0.25, 0.3) is 0 Å². The highest BCUT2D eigenvalue weighted by Gasteiger charge is 2.38. The normalized spacial score (nSPS) is 28.1. The Bertz CT molecular complexity index is 614. The largest absolute Gasteiger partial charge is 0.486 e. The number of para-hydroxylation sites is 1. The fraction of sp³-hybridized carbons (Fsp3) is 0.625. The number of hydrogen-bond donors (Lipinski definition) is 1. The van der Waals surface area contributed by atoms with Crippen LogP contribution >= 0.6 is 0 Å². The molecular formula is C16H24N2O4S. The van der Waals surface area contributed by atoms with Crippen molar-refractivity contribution in [3.8, 4) is 5.75 Å². The minimum Gasteiger partial charge on any atom is -0.486 e. The highest BCUT2D eigenvalue weighted by molar-refractivity contribution is 7.88. The number of ether oxygens (including phenoxy) is 1. The maximum atomic E-state index is 11.6. The van der Waals surface area contributed by atoms with E-state index in [1.54, 1.807) is 0 Å². The summed E-state index contributed by atoms with van der Waals surface area (Å²) in [6.45, 7) is 2.38. The Morgan fingerprint density at radius 1 is 1.13 bits per heavy atom. The van der Waals surface area contributed by atoms with Crippen LogP contribution in [0.2, 0.25) is 0 Å². The Hall–Kier alpha value is -1.15. The molecule has 0 aliphatic carbocycles. The predicted molar refractivity (Wildman–Crippen MR) is 87.9 cm³/mol. The third kappa shape index (κ3) is 4.03. The number of likely N-dealkylation sites (tertiary alicyclic amines) is 1. The molecule has 0 amide bonds. The molecule has 3 rings (SSSR count). The van der Waals surface area contributed by atoms with Gasteiger partial charge in [-0.05, 0) is 25.0 Å². The van der Waals surface area contributed by atoms with Crippen molar-refractivity contribution in [1.29, 1.82) is 0 Å². The van der Waals surface area contributed by atoms with E-state index in [9.17, 15) is 13.5 Å². The van der Waals surface area contributed by atoms with Crippen molar-refractivity contribution in [3.63, 3.8) is 0 Å². The van der Waals surface area contributed by atoms with Crippen molar-refractivity contribution in [2.75, 3.05) is 32.4 Å². The van der Waals surface area contributed by atoms with Crippen LogP contribution in [0, 0.1) is 0 Å². The number of rotatable bonds is 4. The lowest BCUT2D eigenvalue weighted by Gasteiger charge is -2.35. The third-order valence-corrected chi connectivity index (χ3v) is 6.01. The highest BCUT2D eigenvalue weighted by Crippen LogP contribution is 2.25. The summed E-state index contributed by atoms with van der Waals surface area (Å²) >= 11 is 0. The van der Waals surface area contributed by atoms with Gasteiger partial charge in [-0.25, -0.2) is 12.7 Å². The van der Waals surface area contributed by atoms with Gasteiger partial charge < -0.3 is 9.84 Å². The molecule has 2 fully saturated rings. The number of piperidine rings is 1. The fourth-order valence-electron chi connectivity index (χ4n) is 3.41. The molecule has 0 saturated carbocycles. The minimum absolute atomic E-state index is 0.231. The molecule has 0 aromatic heterocycles. The van der Waals surface area contributed by atoms with Crippen LogP contribution in [0.4, 0.5) is 0 Å². The summed E-state index contributed by atoms with van der Waals surface area (Å²) in [6.07, 6.45) is 2.13. The van der Waals surface area contributed by atoms with Crippen LogP contribution in [0.15, 0.2) is 30.3 Å². The van der Waals surface area contributed by atoms with Gasteiger partial charge in [-0.1, -0.05) is 18.2 Å². The molecular weight excluding hydrogens is 316 g/mol. The number of sulfonamides is 1. The van der Waals surface area contributed by atoms with Crippen LogP contribution in [0.1, 0.15) is 12.8 Å². The molecule has 0 unspecified atom stereocenters. The molecule has 6 nitrogen and oxygen atoms in total. The molecule has 128 valence electrons. The van der Waals surface area contributed by atoms with E-state index in [1.807, 2.05) is 30.3 Å². The first-order valence-corrected chi connectivity index (χ1v) is 9.87. The summed E-state index contributed by atoms with van der Waals surface area (Å²) in [4.78, 5) is 2.23. The monoisotopic (exact) mass is 340 g/mol. The molecule has 0 radical (unpaired) electrons. The van der Waals surface area contributed by atoms with Crippen molar-refractivity contribution < 1.29 is 18.3 Å². The van der Waals surface area contributed by atoms with E-state index < -0.39 is 16.1 Å².